The van der Waals surface area contributed by atoms with Crippen molar-refractivity contribution in [2.75, 3.05) is 0 Å². The van der Waals surface area contributed by atoms with Crippen molar-refractivity contribution in [2.45, 2.75) is 14.7 Å². The number of ether oxygens (including phenoxy) is 1. The van der Waals surface area contributed by atoms with E-state index in [2.05, 4.69) is 165 Å². The summed E-state index contributed by atoms with van der Waals surface area (Å²) in [4.78, 5) is 3.91. The van der Waals surface area contributed by atoms with E-state index >= 15 is 0 Å². The summed E-state index contributed by atoms with van der Waals surface area (Å²) in [6.45, 7) is 0. The first kappa shape index (κ1) is 21.5. The van der Waals surface area contributed by atoms with Gasteiger partial charge >= 0.3 is 0 Å². The molecule has 4 aromatic carbocycles. The van der Waals surface area contributed by atoms with Crippen molar-refractivity contribution in [3.63, 3.8) is 0 Å². The third-order valence-electron chi connectivity index (χ3n) is 4.20. The Morgan fingerprint density at radius 2 is 1.00 bits per heavy atom. The fourth-order valence-electron chi connectivity index (χ4n) is 2.91. The fourth-order valence-corrected chi connectivity index (χ4v) is 8.80. The second-order valence-corrected chi connectivity index (χ2v) is 11.8. The number of halogens is 3. The highest BCUT2D eigenvalue weighted by Gasteiger charge is 2.28. The molecule has 0 radical (unpaired) electrons. The zero-order chi connectivity index (χ0) is 20.2. The minimum Gasteiger partial charge on any atom is -0.455 e. The van der Waals surface area contributed by atoms with Crippen molar-refractivity contribution in [1.29, 1.82) is 0 Å². The number of hydrogen-bond acceptors (Lipinski definition) is 1. The highest BCUT2D eigenvalue weighted by atomic mass is 127. The second kappa shape index (κ2) is 10.0. The maximum atomic E-state index is 6.23. The standard InChI is InChI=1S/C24H16I3OS/c25-17-15-22(26)24(23(27)16-17)28-18-11-13-21(14-12-18)29(19-7-3-1-4-8-19)20-9-5-2-6-10-20/h1-16H/q+1. The van der Waals surface area contributed by atoms with Crippen molar-refractivity contribution >= 4 is 78.7 Å². The van der Waals surface area contributed by atoms with Gasteiger partial charge in [0.15, 0.2) is 20.4 Å². The Morgan fingerprint density at radius 1 is 0.552 bits per heavy atom. The Labute approximate surface area is 215 Å². The third-order valence-corrected chi connectivity index (χ3v) is 8.66. The maximum Gasteiger partial charge on any atom is 0.166 e. The lowest BCUT2D eigenvalue weighted by Gasteiger charge is -2.12. The molecule has 0 unspecified atom stereocenters. The van der Waals surface area contributed by atoms with Crippen LogP contribution in [0.1, 0.15) is 0 Å². The van der Waals surface area contributed by atoms with Gasteiger partial charge in [-0.15, -0.1) is 0 Å². The van der Waals surface area contributed by atoms with Gasteiger partial charge in [-0.3, -0.25) is 0 Å². The normalized spacial score (nSPS) is 10.9. The molecule has 4 rings (SSSR count). The van der Waals surface area contributed by atoms with Gasteiger partial charge in [-0.05, 0) is 128 Å². The van der Waals surface area contributed by atoms with Gasteiger partial charge in [0.25, 0.3) is 0 Å². The summed E-state index contributed by atoms with van der Waals surface area (Å²) in [6.07, 6.45) is 0. The van der Waals surface area contributed by atoms with Gasteiger partial charge in [-0.25, -0.2) is 0 Å². The summed E-state index contributed by atoms with van der Waals surface area (Å²) < 4.78 is 9.69. The minimum atomic E-state index is -0.141. The largest absolute Gasteiger partial charge is 0.455 e. The van der Waals surface area contributed by atoms with Crippen LogP contribution in [0.15, 0.2) is 112 Å². The van der Waals surface area contributed by atoms with Crippen molar-refractivity contribution < 1.29 is 4.74 Å². The van der Waals surface area contributed by atoms with Gasteiger partial charge in [0.05, 0.1) is 18.0 Å². The molecule has 29 heavy (non-hydrogen) atoms. The van der Waals surface area contributed by atoms with E-state index in [1.807, 2.05) is 0 Å². The van der Waals surface area contributed by atoms with E-state index in [-0.39, 0.29) is 10.9 Å². The first-order valence-electron chi connectivity index (χ1n) is 8.89. The molecule has 0 aliphatic heterocycles. The highest BCUT2D eigenvalue weighted by molar-refractivity contribution is 14.1. The third kappa shape index (κ3) is 5.29. The molecule has 0 saturated carbocycles. The van der Waals surface area contributed by atoms with E-state index in [0.717, 1.165) is 18.6 Å². The van der Waals surface area contributed by atoms with Gasteiger partial charge in [0, 0.05) is 3.57 Å². The predicted octanol–water partition coefficient (Wildman–Crippen LogP) is 8.39. The minimum absolute atomic E-state index is 0.141. The second-order valence-electron chi connectivity index (χ2n) is 6.20. The fraction of sp³-hybridized carbons (Fsp3) is 0. The van der Waals surface area contributed by atoms with E-state index in [1.165, 1.54) is 18.3 Å². The van der Waals surface area contributed by atoms with E-state index in [4.69, 9.17) is 4.74 Å². The maximum absolute atomic E-state index is 6.23. The van der Waals surface area contributed by atoms with Crippen molar-refractivity contribution in [2.24, 2.45) is 0 Å². The van der Waals surface area contributed by atoms with Gasteiger partial charge in [-0.1, -0.05) is 36.4 Å². The van der Waals surface area contributed by atoms with Crippen LogP contribution >= 0.6 is 67.8 Å². The van der Waals surface area contributed by atoms with Gasteiger partial charge in [0.1, 0.15) is 5.75 Å². The molecule has 0 heterocycles. The van der Waals surface area contributed by atoms with E-state index in [0.29, 0.717) is 0 Å². The van der Waals surface area contributed by atoms with Crippen LogP contribution in [0.25, 0.3) is 0 Å². The van der Waals surface area contributed by atoms with Crippen LogP contribution in [0.4, 0.5) is 0 Å². The lowest BCUT2D eigenvalue weighted by atomic mass is 10.3. The molecule has 0 fully saturated rings. The topological polar surface area (TPSA) is 9.23 Å². The highest BCUT2D eigenvalue weighted by Crippen LogP contribution is 2.35. The van der Waals surface area contributed by atoms with Gasteiger partial charge in [-0.2, -0.15) is 0 Å². The summed E-state index contributed by atoms with van der Waals surface area (Å²) in [7, 11) is -0.141. The zero-order valence-corrected chi connectivity index (χ0v) is 22.5. The monoisotopic (exact) mass is 733 g/mol. The van der Waals surface area contributed by atoms with Crippen molar-refractivity contribution in [1.82, 2.24) is 0 Å². The summed E-state index contributed by atoms with van der Waals surface area (Å²) in [5.74, 6) is 1.78. The predicted molar refractivity (Wildman–Crippen MR) is 146 cm³/mol. The first-order valence-corrected chi connectivity index (χ1v) is 13.3. The van der Waals surface area contributed by atoms with E-state index in [1.54, 1.807) is 0 Å². The first-order chi connectivity index (χ1) is 14.1. The molecule has 0 aromatic heterocycles. The van der Waals surface area contributed by atoms with Crippen LogP contribution in [0.5, 0.6) is 11.5 Å². The summed E-state index contributed by atoms with van der Waals surface area (Å²) in [6, 6.07) is 34.2. The number of hydrogen-bond donors (Lipinski definition) is 0. The molecule has 0 atom stereocenters. The molecule has 0 N–H and O–H groups in total. The molecule has 0 bridgehead atoms. The Kier molecular flexibility index (Phi) is 7.41. The van der Waals surface area contributed by atoms with Crippen LogP contribution in [0.3, 0.4) is 0 Å². The summed E-state index contributed by atoms with van der Waals surface area (Å²) in [5.41, 5.74) is 0. The SMILES string of the molecule is Ic1cc(I)c(Oc2ccc([S+](c3ccccc3)c3ccccc3)cc2)c(I)c1. The molecule has 0 spiro atoms. The Hall–Kier alpha value is -0.780. The van der Waals surface area contributed by atoms with E-state index in [9.17, 15) is 0 Å². The average molecular weight is 733 g/mol. The lowest BCUT2D eigenvalue weighted by molar-refractivity contribution is 0.475. The lowest BCUT2D eigenvalue weighted by Crippen LogP contribution is -2.04. The van der Waals surface area contributed by atoms with Crippen molar-refractivity contribution in [3.05, 3.63) is 108 Å². The summed E-state index contributed by atoms with van der Waals surface area (Å²) in [5, 5.41) is 0. The zero-order valence-electron chi connectivity index (χ0n) is 15.2. The molecule has 1 nitrogen and oxygen atoms in total. The average Bonchev–Trinajstić information content (AvgIpc) is 2.73. The molecule has 0 aliphatic carbocycles. The smallest absolute Gasteiger partial charge is 0.166 e. The van der Waals surface area contributed by atoms with Crippen molar-refractivity contribution in [3.8, 4) is 11.5 Å². The molecular formula is C24H16I3OS+. The summed E-state index contributed by atoms with van der Waals surface area (Å²) >= 11 is 7.01. The van der Waals surface area contributed by atoms with Crippen LogP contribution in [-0.4, -0.2) is 0 Å². The van der Waals surface area contributed by atoms with Gasteiger partial charge in [0.2, 0.25) is 0 Å². The van der Waals surface area contributed by atoms with Crippen LogP contribution in [-0.2, 0) is 10.9 Å². The molecule has 0 saturated heterocycles. The molecular weight excluding hydrogens is 717 g/mol. The number of benzene rings is 4. The molecule has 5 heteroatoms. The Balaban J connectivity index is 1.67. The van der Waals surface area contributed by atoms with Crippen LogP contribution < -0.4 is 4.74 Å². The van der Waals surface area contributed by atoms with E-state index < -0.39 is 0 Å². The Bertz CT molecular complexity index is 1040. The number of rotatable bonds is 5. The van der Waals surface area contributed by atoms with Crippen LogP contribution in [0, 0.1) is 10.7 Å². The molecule has 0 amide bonds. The molecule has 4 aromatic rings. The van der Waals surface area contributed by atoms with Gasteiger partial charge < -0.3 is 4.74 Å². The van der Waals surface area contributed by atoms with Crippen LogP contribution in [0.2, 0.25) is 0 Å². The molecule has 144 valence electrons. The Morgan fingerprint density at radius 3 is 1.48 bits per heavy atom. The quantitative estimate of drug-likeness (QED) is 0.148. The molecule has 0 aliphatic rings.